The molecule has 0 bridgehead atoms. The van der Waals surface area contributed by atoms with Crippen LogP contribution in [0.1, 0.15) is 25.7 Å². The van der Waals surface area contributed by atoms with Gasteiger partial charge in [0, 0.05) is 6.42 Å². The Kier molecular flexibility index (Phi) is 3.89. The predicted octanol–water partition coefficient (Wildman–Crippen LogP) is 3.21. The van der Waals surface area contributed by atoms with Gasteiger partial charge in [-0.25, -0.2) is 0 Å². The van der Waals surface area contributed by atoms with Crippen molar-refractivity contribution in [3.63, 3.8) is 0 Å². The summed E-state index contributed by atoms with van der Waals surface area (Å²) in [6, 6.07) is 0. The molecule has 16 heavy (non-hydrogen) atoms. The molecular formula is C13H22O2Si. The molecule has 0 heterocycles. The number of carbonyl (C=O) groups is 2. The van der Waals surface area contributed by atoms with E-state index in [9.17, 15) is 9.59 Å². The minimum absolute atomic E-state index is 0.0744. The van der Waals surface area contributed by atoms with Gasteiger partial charge >= 0.3 is 0 Å². The van der Waals surface area contributed by atoms with Crippen molar-refractivity contribution < 1.29 is 9.59 Å². The average Bonchev–Trinajstić information content (AvgIpc) is 2.20. The highest BCUT2D eigenvalue weighted by Gasteiger charge is 2.49. The number of allylic oxidation sites excluding steroid dienone is 1. The number of Topliss-reactive ketones (excluding diaryl/α,β-unsaturated/α-hetero) is 1. The standard InChI is InChI=1S/C13H22O2Si/c1-5-12(16(2,3)4)13(10-14)9-7-6-8-11(13)15/h5,10,12H,1,6-9H2,2-4H3/t12-,13+/m0/s1. The van der Waals surface area contributed by atoms with E-state index in [0.717, 1.165) is 25.5 Å². The van der Waals surface area contributed by atoms with E-state index in [-0.39, 0.29) is 11.3 Å². The van der Waals surface area contributed by atoms with Crippen molar-refractivity contribution >= 4 is 20.1 Å². The first-order chi connectivity index (χ1) is 7.38. The van der Waals surface area contributed by atoms with E-state index in [1.807, 2.05) is 6.08 Å². The Hall–Kier alpha value is -0.703. The van der Waals surface area contributed by atoms with Gasteiger partial charge < -0.3 is 4.79 Å². The summed E-state index contributed by atoms with van der Waals surface area (Å²) in [6.07, 6.45) is 5.97. The van der Waals surface area contributed by atoms with Gasteiger partial charge in [-0.2, -0.15) is 0 Å². The van der Waals surface area contributed by atoms with Gasteiger partial charge in [0.15, 0.2) is 0 Å². The lowest BCUT2D eigenvalue weighted by atomic mass is 9.71. The van der Waals surface area contributed by atoms with Crippen LogP contribution in [0.25, 0.3) is 0 Å². The Morgan fingerprint density at radius 2 is 2.00 bits per heavy atom. The number of carbonyl (C=O) groups excluding carboxylic acids is 2. The van der Waals surface area contributed by atoms with E-state index in [1.54, 1.807) is 0 Å². The van der Waals surface area contributed by atoms with Gasteiger partial charge in [0.05, 0.1) is 13.5 Å². The molecule has 2 nitrogen and oxygen atoms in total. The maximum Gasteiger partial charge on any atom is 0.146 e. The molecule has 0 aromatic rings. The molecule has 2 atom stereocenters. The molecule has 0 radical (unpaired) electrons. The second-order valence-corrected chi connectivity index (χ2v) is 11.2. The lowest BCUT2D eigenvalue weighted by Crippen LogP contribution is -2.47. The van der Waals surface area contributed by atoms with Crippen molar-refractivity contribution in [3.8, 4) is 0 Å². The lowest BCUT2D eigenvalue weighted by Gasteiger charge is -2.42. The van der Waals surface area contributed by atoms with Crippen LogP contribution in [0, 0.1) is 5.41 Å². The van der Waals surface area contributed by atoms with E-state index in [4.69, 9.17) is 0 Å². The molecule has 3 heteroatoms. The Bertz CT molecular complexity index is 304. The third-order valence-corrected chi connectivity index (χ3v) is 6.31. The number of aldehydes is 1. The lowest BCUT2D eigenvalue weighted by molar-refractivity contribution is -0.137. The zero-order valence-corrected chi connectivity index (χ0v) is 11.6. The average molecular weight is 238 g/mol. The van der Waals surface area contributed by atoms with Crippen LogP contribution >= 0.6 is 0 Å². The highest BCUT2D eigenvalue weighted by molar-refractivity contribution is 6.78. The SMILES string of the molecule is C=C[C@@H]([C@@]1(C=O)CCCCC1=O)[Si](C)(C)C. The molecule has 1 aliphatic carbocycles. The van der Waals surface area contributed by atoms with Crippen LogP contribution in [-0.2, 0) is 9.59 Å². The van der Waals surface area contributed by atoms with Crippen LogP contribution in [-0.4, -0.2) is 20.1 Å². The zero-order valence-electron chi connectivity index (χ0n) is 10.6. The van der Waals surface area contributed by atoms with Crippen LogP contribution in [0.2, 0.25) is 25.2 Å². The Labute approximate surface area is 99.1 Å². The topological polar surface area (TPSA) is 34.1 Å². The van der Waals surface area contributed by atoms with Gasteiger partial charge in [-0.15, -0.1) is 6.58 Å². The summed E-state index contributed by atoms with van der Waals surface area (Å²) in [7, 11) is -1.58. The molecular weight excluding hydrogens is 216 g/mol. The third-order valence-electron chi connectivity index (χ3n) is 3.70. The number of hydrogen-bond donors (Lipinski definition) is 0. The van der Waals surface area contributed by atoms with Gasteiger partial charge in [0.25, 0.3) is 0 Å². The summed E-state index contributed by atoms with van der Waals surface area (Å²) in [5.41, 5.74) is -0.671. The largest absolute Gasteiger partial charge is 0.302 e. The van der Waals surface area contributed by atoms with Gasteiger partial charge in [-0.1, -0.05) is 32.1 Å². The molecule has 0 amide bonds. The number of ketones is 1. The second kappa shape index (κ2) is 4.66. The molecule has 0 unspecified atom stereocenters. The fourth-order valence-corrected chi connectivity index (χ4v) is 5.56. The van der Waals surface area contributed by atoms with Crippen LogP contribution < -0.4 is 0 Å². The molecule has 0 N–H and O–H groups in total. The van der Waals surface area contributed by atoms with Gasteiger partial charge in [0.2, 0.25) is 0 Å². The van der Waals surface area contributed by atoms with E-state index in [2.05, 4.69) is 26.2 Å². The predicted molar refractivity (Wildman–Crippen MR) is 69.3 cm³/mol. The summed E-state index contributed by atoms with van der Waals surface area (Å²) in [4.78, 5) is 23.6. The van der Waals surface area contributed by atoms with Crippen LogP contribution in [0.15, 0.2) is 12.7 Å². The van der Waals surface area contributed by atoms with E-state index >= 15 is 0 Å². The molecule has 0 aromatic heterocycles. The van der Waals surface area contributed by atoms with Crippen LogP contribution in [0.4, 0.5) is 0 Å². The fourth-order valence-electron chi connectivity index (χ4n) is 2.94. The van der Waals surface area contributed by atoms with Gasteiger partial charge in [0.1, 0.15) is 12.1 Å². The summed E-state index contributed by atoms with van der Waals surface area (Å²) in [5, 5.41) is 0. The molecule has 0 aromatic carbocycles. The minimum Gasteiger partial charge on any atom is -0.302 e. The smallest absolute Gasteiger partial charge is 0.146 e. The Morgan fingerprint density at radius 1 is 1.38 bits per heavy atom. The van der Waals surface area contributed by atoms with Crippen molar-refractivity contribution in [2.24, 2.45) is 5.41 Å². The van der Waals surface area contributed by atoms with Crippen LogP contribution in [0.3, 0.4) is 0 Å². The van der Waals surface area contributed by atoms with Crippen molar-refractivity contribution in [3.05, 3.63) is 12.7 Å². The maximum absolute atomic E-state index is 12.1. The first-order valence-corrected chi connectivity index (χ1v) is 9.58. The molecule has 1 saturated carbocycles. The van der Waals surface area contributed by atoms with Gasteiger partial charge in [-0.3, -0.25) is 4.79 Å². The molecule has 0 aliphatic heterocycles. The minimum atomic E-state index is -1.58. The number of hydrogen-bond acceptors (Lipinski definition) is 2. The van der Waals surface area contributed by atoms with Gasteiger partial charge in [-0.05, 0) is 18.4 Å². The quantitative estimate of drug-likeness (QED) is 0.326. The highest BCUT2D eigenvalue weighted by Crippen LogP contribution is 2.47. The van der Waals surface area contributed by atoms with Crippen molar-refractivity contribution in [2.75, 3.05) is 0 Å². The maximum atomic E-state index is 12.1. The molecule has 0 saturated heterocycles. The second-order valence-electron chi connectivity index (χ2n) is 5.87. The fraction of sp³-hybridized carbons (Fsp3) is 0.692. The summed E-state index contributed by atoms with van der Waals surface area (Å²) in [6.45, 7) is 10.5. The van der Waals surface area contributed by atoms with E-state index in [0.29, 0.717) is 6.42 Å². The molecule has 90 valence electrons. The van der Waals surface area contributed by atoms with Crippen molar-refractivity contribution in [2.45, 2.75) is 50.9 Å². The van der Waals surface area contributed by atoms with E-state index in [1.165, 1.54) is 0 Å². The molecule has 1 rings (SSSR count). The monoisotopic (exact) mass is 238 g/mol. The third kappa shape index (κ3) is 2.19. The Balaban J connectivity index is 3.15. The molecule has 0 spiro atoms. The van der Waals surface area contributed by atoms with E-state index < -0.39 is 13.5 Å². The highest BCUT2D eigenvalue weighted by atomic mass is 28.3. The van der Waals surface area contributed by atoms with Crippen molar-refractivity contribution in [1.29, 1.82) is 0 Å². The number of rotatable bonds is 4. The zero-order chi connectivity index (χ0) is 12.4. The Morgan fingerprint density at radius 3 is 2.38 bits per heavy atom. The summed E-state index contributed by atoms with van der Waals surface area (Å²) >= 11 is 0. The first kappa shape index (κ1) is 13.4. The molecule has 1 aliphatic rings. The molecule has 1 fully saturated rings. The van der Waals surface area contributed by atoms with Crippen LogP contribution in [0.5, 0.6) is 0 Å². The van der Waals surface area contributed by atoms with Crippen molar-refractivity contribution in [1.82, 2.24) is 0 Å². The summed E-state index contributed by atoms with van der Waals surface area (Å²) in [5.74, 6) is 0.140. The summed E-state index contributed by atoms with van der Waals surface area (Å²) < 4.78 is 0. The first-order valence-electron chi connectivity index (χ1n) is 6.00. The normalized spacial score (nSPS) is 28.6.